The van der Waals surface area contributed by atoms with Crippen molar-refractivity contribution in [3.63, 3.8) is 0 Å². The Morgan fingerprint density at radius 3 is 2.57 bits per heavy atom. The molecule has 1 rings (SSSR count). The minimum Gasteiger partial charge on any atom is -0.300 e. The molecule has 0 radical (unpaired) electrons. The van der Waals surface area contributed by atoms with Crippen molar-refractivity contribution in [1.29, 1.82) is 5.26 Å². The Morgan fingerprint density at radius 1 is 1.29 bits per heavy atom. The van der Waals surface area contributed by atoms with Crippen LogP contribution in [0.3, 0.4) is 0 Å². The lowest BCUT2D eigenvalue weighted by atomic mass is 9.95. The molecule has 1 aliphatic rings. The predicted octanol–water partition coefficient (Wildman–Crippen LogP) is 2.46. The molecule has 1 saturated heterocycles. The van der Waals surface area contributed by atoms with Crippen molar-refractivity contribution in [2.24, 2.45) is 0 Å². The van der Waals surface area contributed by atoms with Gasteiger partial charge in [0.2, 0.25) is 0 Å². The van der Waals surface area contributed by atoms with Crippen LogP contribution in [-0.2, 0) is 0 Å². The largest absolute Gasteiger partial charge is 0.300 e. The van der Waals surface area contributed by atoms with Gasteiger partial charge in [0, 0.05) is 25.2 Å². The molecule has 0 spiro atoms. The number of rotatable bonds is 8. The van der Waals surface area contributed by atoms with E-state index in [9.17, 15) is 5.26 Å². The fourth-order valence-electron chi connectivity index (χ4n) is 2.93. The summed E-state index contributed by atoms with van der Waals surface area (Å²) < 4.78 is 0. The van der Waals surface area contributed by atoms with Crippen molar-refractivity contribution in [2.75, 3.05) is 39.8 Å². The summed E-state index contributed by atoms with van der Waals surface area (Å²) in [5.74, 6) is 0. The molecule has 0 bridgehead atoms. The number of unbranched alkanes of at least 4 members (excludes halogenated alkanes) is 1. The van der Waals surface area contributed by atoms with Gasteiger partial charge in [-0.3, -0.25) is 10.2 Å². The summed E-state index contributed by atoms with van der Waals surface area (Å²) in [5.41, 5.74) is -0.0699. The predicted molar refractivity (Wildman–Crippen MR) is 89.3 cm³/mol. The van der Waals surface area contributed by atoms with Crippen LogP contribution in [0.4, 0.5) is 0 Å². The average Bonchev–Trinajstić information content (AvgIpc) is 2.45. The molecule has 122 valence electrons. The standard InChI is InChI=1S/C17H34N4/c1-6-10-19-17(4,14-18)9-7-8-11-21-13-12-20(5)16(2,3)15-21/h19H,6-13,15H2,1-5H3. The molecule has 4 heteroatoms. The van der Waals surface area contributed by atoms with Crippen molar-refractivity contribution in [1.82, 2.24) is 15.1 Å². The summed E-state index contributed by atoms with van der Waals surface area (Å²) in [6.45, 7) is 14.4. The Kier molecular flexibility index (Phi) is 7.12. The monoisotopic (exact) mass is 294 g/mol. The first-order valence-corrected chi connectivity index (χ1v) is 8.43. The van der Waals surface area contributed by atoms with E-state index >= 15 is 0 Å². The average molecular weight is 294 g/mol. The molecule has 4 nitrogen and oxygen atoms in total. The number of hydrogen-bond acceptors (Lipinski definition) is 4. The Balaban J connectivity index is 2.26. The third-order valence-corrected chi connectivity index (χ3v) is 4.81. The van der Waals surface area contributed by atoms with Gasteiger partial charge in [-0.15, -0.1) is 0 Å². The first-order valence-electron chi connectivity index (χ1n) is 8.43. The summed E-state index contributed by atoms with van der Waals surface area (Å²) >= 11 is 0. The Hall–Kier alpha value is -0.630. The van der Waals surface area contributed by atoms with E-state index < -0.39 is 0 Å². The zero-order valence-corrected chi connectivity index (χ0v) is 14.7. The van der Waals surface area contributed by atoms with Gasteiger partial charge in [0.1, 0.15) is 5.54 Å². The Morgan fingerprint density at radius 2 is 2.00 bits per heavy atom. The summed E-state index contributed by atoms with van der Waals surface area (Å²) in [5, 5.41) is 12.7. The van der Waals surface area contributed by atoms with Crippen molar-refractivity contribution in [2.45, 2.75) is 64.5 Å². The van der Waals surface area contributed by atoms with Crippen molar-refractivity contribution < 1.29 is 0 Å². The topological polar surface area (TPSA) is 42.3 Å². The van der Waals surface area contributed by atoms with E-state index in [2.05, 4.69) is 49.0 Å². The molecule has 1 unspecified atom stereocenters. The minimum atomic E-state index is -0.350. The zero-order valence-electron chi connectivity index (χ0n) is 14.7. The third-order valence-electron chi connectivity index (χ3n) is 4.81. The van der Waals surface area contributed by atoms with Gasteiger partial charge in [-0.2, -0.15) is 5.26 Å². The molecule has 1 N–H and O–H groups in total. The van der Waals surface area contributed by atoms with Crippen LogP contribution >= 0.6 is 0 Å². The van der Waals surface area contributed by atoms with E-state index in [0.717, 1.165) is 45.4 Å². The lowest BCUT2D eigenvalue weighted by molar-refractivity contribution is 0.0391. The Bertz CT molecular complexity index is 347. The molecule has 1 heterocycles. The molecule has 21 heavy (non-hydrogen) atoms. The summed E-state index contributed by atoms with van der Waals surface area (Å²) in [6.07, 6.45) is 4.33. The van der Waals surface area contributed by atoms with Gasteiger partial charge >= 0.3 is 0 Å². The van der Waals surface area contributed by atoms with E-state index in [4.69, 9.17) is 0 Å². The molecule has 0 aromatic carbocycles. The molecule has 0 aromatic rings. The fraction of sp³-hybridized carbons (Fsp3) is 0.941. The van der Waals surface area contributed by atoms with E-state index in [1.165, 1.54) is 13.0 Å². The summed E-state index contributed by atoms with van der Waals surface area (Å²) in [7, 11) is 2.22. The second kappa shape index (κ2) is 8.12. The smallest absolute Gasteiger partial charge is 0.103 e. The summed E-state index contributed by atoms with van der Waals surface area (Å²) in [4.78, 5) is 5.02. The van der Waals surface area contributed by atoms with Gasteiger partial charge in [0.05, 0.1) is 6.07 Å². The molecule has 0 aromatic heterocycles. The van der Waals surface area contributed by atoms with Gasteiger partial charge in [0.25, 0.3) is 0 Å². The SMILES string of the molecule is CCCNC(C)(C#N)CCCCN1CCN(C)C(C)(C)C1. The van der Waals surface area contributed by atoms with Gasteiger partial charge in [-0.1, -0.05) is 6.92 Å². The van der Waals surface area contributed by atoms with Crippen molar-refractivity contribution in [3.8, 4) is 6.07 Å². The van der Waals surface area contributed by atoms with E-state index in [1.54, 1.807) is 0 Å². The lowest BCUT2D eigenvalue weighted by Crippen LogP contribution is -2.57. The molecule has 1 atom stereocenters. The number of hydrogen-bond donors (Lipinski definition) is 1. The maximum atomic E-state index is 9.33. The number of nitrogens with zero attached hydrogens (tertiary/aromatic N) is 3. The van der Waals surface area contributed by atoms with Crippen LogP contribution in [0.1, 0.15) is 53.4 Å². The minimum absolute atomic E-state index is 0.280. The van der Waals surface area contributed by atoms with Crippen molar-refractivity contribution in [3.05, 3.63) is 0 Å². The fourth-order valence-corrected chi connectivity index (χ4v) is 2.93. The first-order chi connectivity index (χ1) is 9.83. The van der Waals surface area contributed by atoms with E-state index in [-0.39, 0.29) is 11.1 Å². The second-order valence-electron chi connectivity index (χ2n) is 7.34. The molecular weight excluding hydrogens is 260 g/mol. The van der Waals surface area contributed by atoms with Gasteiger partial charge in [0.15, 0.2) is 0 Å². The molecule has 0 aliphatic carbocycles. The van der Waals surface area contributed by atoms with Crippen LogP contribution in [0.15, 0.2) is 0 Å². The number of nitrogens with one attached hydrogen (secondary N) is 1. The number of nitriles is 1. The zero-order chi connectivity index (χ0) is 15.9. The third kappa shape index (κ3) is 5.94. The van der Waals surface area contributed by atoms with Crippen molar-refractivity contribution >= 4 is 0 Å². The van der Waals surface area contributed by atoms with Gasteiger partial charge in [-0.25, -0.2) is 0 Å². The highest BCUT2D eigenvalue weighted by Crippen LogP contribution is 2.20. The van der Waals surface area contributed by atoms with E-state index in [0.29, 0.717) is 0 Å². The second-order valence-corrected chi connectivity index (χ2v) is 7.34. The maximum Gasteiger partial charge on any atom is 0.103 e. The van der Waals surface area contributed by atoms with Crippen LogP contribution in [0, 0.1) is 11.3 Å². The molecular formula is C17H34N4. The highest BCUT2D eigenvalue weighted by atomic mass is 15.3. The quantitative estimate of drug-likeness (QED) is 0.698. The molecule has 1 fully saturated rings. The molecule has 0 amide bonds. The van der Waals surface area contributed by atoms with Crippen LogP contribution in [0.2, 0.25) is 0 Å². The molecule has 0 saturated carbocycles. The highest BCUT2D eigenvalue weighted by Gasteiger charge is 2.30. The Labute approximate surface area is 131 Å². The first kappa shape index (κ1) is 18.4. The van der Waals surface area contributed by atoms with Gasteiger partial charge < -0.3 is 4.90 Å². The molecule has 1 aliphatic heterocycles. The van der Waals surface area contributed by atoms with Crippen LogP contribution in [0.25, 0.3) is 0 Å². The van der Waals surface area contributed by atoms with Crippen LogP contribution < -0.4 is 5.32 Å². The normalized spacial score (nSPS) is 22.7. The number of piperazine rings is 1. The van der Waals surface area contributed by atoms with Crippen LogP contribution in [-0.4, -0.2) is 60.6 Å². The van der Waals surface area contributed by atoms with E-state index in [1.807, 2.05) is 6.92 Å². The maximum absolute atomic E-state index is 9.33. The summed E-state index contributed by atoms with van der Waals surface area (Å²) in [6, 6.07) is 2.44. The highest BCUT2D eigenvalue weighted by molar-refractivity contribution is 5.03. The van der Waals surface area contributed by atoms with Crippen LogP contribution in [0.5, 0.6) is 0 Å². The lowest BCUT2D eigenvalue weighted by Gasteiger charge is -2.45. The van der Waals surface area contributed by atoms with Gasteiger partial charge in [-0.05, 0) is 66.6 Å². The number of likely N-dealkylation sites (N-methyl/N-ethyl adjacent to an activating group) is 1.